The number of hydrogen-bond donors (Lipinski definition) is 1. The first-order chi connectivity index (χ1) is 10.3. The summed E-state index contributed by atoms with van der Waals surface area (Å²) >= 11 is 5.50. The van der Waals surface area contributed by atoms with Gasteiger partial charge in [-0.1, -0.05) is 18.2 Å². The molecule has 112 valence electrons. The van der Waals surface area contributed by atoms with Gasteiger partial charge in [0.2, 0.25) is 0 Å². The number of halogens is 1. The molecular formula is C17H20BrNOS. The molecule has 2 nitrogen and oxygen atoms in total. The Bertz CT molecular complexity index is 611. The van der Waals surface area contributed by atoms with Crippen LogP contribution in [0.2, 0.25) is 0 Å². The fraction of sp³-hybridized carbons (Fsp3) is 0.412. The summed E-state index contributed by atoms with van der Waals surface area (Å²) in [6.07, 6.45) is 4.76. The zero-order chi connectivity index (χ0) is 14.7. The molecule has 3 rings (SSSR count). The van der Waals surface area contributed by atoms with Crippen molar-refractivity contribution in [1.29, 1.82) is 0 Å². The number of fused-ring (bicyclic) bond motifs is 1. The first-order valence-electron chi connectivity index (χ1n) is 7.41. The molecule has 1 unspecified atom stereocenters. The van der Waals surface area contributed by atoms with Crippen molar-refractivity contribution in [2.24, 2.45) is 0 Å². The van der Waals surface area contributed by atoms with E-state index in [0.717, 1.165) is 18.7 Å². The third-order valence-corrected chi connectivity index (χ3v) is 5.77. The molecule has 1 heterocycles. The van der Waals surface area contributed by atoms with Gasteiger partial charge in [-0.05, 0) is 71.4 Å². The summed E-state index contributed by atoms with van der Waals surface area (Å²) in [5.74, 6) is 0.988. The van der Waals surface area contributed by atoms with E-state index in [-0.39, 0.29) is 0 Å². The molecule has 1 aliphatic rings. The van der Waals surface area contributed by atoms with Crippen molar-refractivity contribution in [3.05, 3.63) is 50.1 Å². The average molecular weight is 366 g/mol. The normalized spacial score (nSPS) is 17.5. The first kappa shape index (κ1) is 15.1. The second kappa shape index (κ2) is 6.95. The molecule has 0 radical (unpaired) electrons. The van der Waals surface area contributed by atoms with E-state index in [1.807, 2.05) is 23.5 Å². The van der Waals surface area contributed by atoms with E-state index >= 15 is 0 Å². The van der Waals surface area contributed by atoms with Crippen LogP contribution in [0, 0.1) is 0 Å². The molecule has 0 saturated heterocycles. The molecule has 0 spiro atoms. The maximum atomic E-state index is 5.42. The van der Waals surface area contributed by atoms with Crippen LogP contribution < -0.4 is 10.1 Å². The minimum Gasteiger partial charge on any atom is -0.496 e. The van der Waals surface area contributed by atoms with Crippen LogP contribution in [0.1, 0.15) is 34.9 Å². The molecule has 0 saturated carbocycles. The van der Waals surface area contributed by atoms with Gasteiger partial charge in [0.15, 0.2) is 0 Å². The Morgan fingerprint density at radius 3 is 3.10 bits per heavy atom. The molecule has 0 amide bonds. The summed E-state index contributed by atoms with van der Waals surface area (Å²) < 4.78 is 6.67. The van der Waals surface area contributed by atoms with Gasteiger partial charge in [-0.15, -0.1) is 11.3 Å². The van der Waals surface area contributed by atoms with E-state index in [9.17, 15) is 0 Å². The molecule has 0 aliphatic heterocycles. The van der Waals surface area contributed by atoms with Crippen molar-refractivity contribution in [2.45, 2.75) is 31.7 Å². The van der Waals surface area contributed by atoms with Crippen molar-refractivity contribution < 1.29 is 4.74 Å². The lowest BCUT2D eigenvalue weighted by atomic mass is 9.94. The SMILES string of the molecule is COc1ccccc1CCNC1CCCc2sc(Br)cc21. The van der Waals surface area contributed by atoms with E-state index in [4.69, 9.17) is 4.74 Å². The third kappa shape index (κ3) is 3.50. The maximum absolute atomic E-state index is 5.42. The second-order valence-electron chi connectivity index (χ2n) is 5.39. The van der Waals surface area contributed by atoms with Crippen molar-refractivity contribution in [3.8, 4) is 5.75 Å². The van der Waals surface area contributed by atoms with Gasteiger partial charge >= 0.3 is 0 Å². The largest absolute Gasteiger partial charge is 0.496 e. The van der Waals surface area contributed by atoms with E-state index in [1.165, 1.54) is 34.2 Å². The predicted molar refractivity (Wildman–Crippen MR) is 92.4 cm³/mol. The molecule has 1 aromatic carbocycles. The molecule has 0 fully saturated rings. The molecule has 1 N–H and O–H groups in total. The number of rotatable bonds is 5. The van der Waals surface area contributed by atoms with Crippen LogP contribution in [-0.2, 0) is 12.8 Å². The van der Waals surface area contributed by atoms with Gasteiger partial charge in [0.25, 0.3) is 0 Å². The molecule has 1 aliphatic carbocycles. The zero-order valence-electron chi connectivity index (χ0n) is 12.2. The average Bonchev–Trinajstić information content (AvgIpc) is 2.89. The summed E-state index contributed by atoms with van der Waals surface area (Å²) in [5, 5.41) is 3.72. The fourth-order valence-electron chi connectivity index (χ4n) is 3.02. The Labute approximate surface area is 138 Å². The van der Waals surface area contributed by atoms with Gasteiger partial charge in [0.05, 0.1) is 10.9 Å². The predicted octanol–water partition coefficient (Wildman–Crippen LogP) is 4.73. The number of benzene rings is 1. The highest BCUT2D eigenvalue weighted by Crippen LogP contribution is 2.37. The Balaban J connectivity index is 1.61. The molecular weight excluding hydrogens is 346 g/mol. The Kier molecular flexibility index (Phi) is 4.99. The number of hydrogen-bond acceptors (Lipinski definition) is 3. The number of para-hydroxylation sites is 1. The number of thiophene rings is 1. The van der Waals surface area contributed by atoms with E-state index in [0.29, 0.717) is 6.04 Å². The van der Waals surface area contributed by atoms with Crippen LogP contribution in [-0.4, -0.2) is 13.7 Å². The molecule has 1 atom stereocenters. The lowest BCUT2D eigenvalue weighted by Crippen LogP contribution is -2.26. The van der Waals surface area contributed by atoms with E-state index < -0.39 is 0 Å². The number of ether oxygens (including phenoxy) is 1. The molecule has 21 heavy (non-hydrogen) atoms. The summed E-state index contributed by atoms with van der Waals surface area (Å²) in [4.78, 5) is 1.54. The Morgan fingerprint density at radius 1 is 1.38 bits per heavy atom. The summed E-state index contributed by atoms with van der Waals surface area (Å²) in [7, 11) is 1.74. The van der Waals surface area contributed by atoms with Gasteiger partial charge in [0, 0.05) is 10.9 Å². The van der Waals surface area contributed by atoms with Gasteiger partial charge in [-0.25, -0.2) is 0 Å². The third-order valence-electron chi connectivity index (χ3n) is 4.06. The van der Waals surface area contributed by atoms with Crippen molar-refractivity contribution in [2.75, 3.05) is 13.7 Å². The number of methoxy groups -OCH3 is 1. The van der Waals surface area contributed by atoms with Crippen LogP contribution >= 0.6 is 27.3 Å². The Morgan fingerprint density at radius 2 is 2.24 bits per heavy atom. The minimum atomic E-state index is 0.506. The lowest BCUT2D eigenvalue weighted by Gasteiger charge is -2.24. The standard InChI is InChI=1S/C17H20BrNOS/c1-20-15-7-3-2-5-12(15)9-10-19-14-6-4-8-16-13(14)11-17(18)21-16/h2-3,5,7,11,14,19H,4,6,8-10H2,1H3. The molecule has 0 bridgehead atoms. The highest BCUT2D eigenvalue weighted by molar-refractivity contribution is 9.11. The Hall–Kier alpha value is -0.840. The topological polar surface area (TPSA) is 21.3 Å². The van der Waals surface area contributed by atoms with Crippen molar-refractivity contribution in [3.63, 3.8) is 0 Å². The molecule has 2 aromatic rings. The number of nitrogens with one attached hydrogen (secondary N) is 1. The summed E-state index contributed by atoms with van der Waals surface area (Å²) in [6, 6.07) is 11.1. The van der Waals surface area contributed by atoms with Crippen LogP contribution in [0.4, 0.5) is 0 Å². The highest BCUT2D eigenvalue weighted by Gasteiger charge is 2.22. The number of aryl methyl sites for hydroxylation is 1. The van der Waals surface area contributed by atoms with Gasteiger partial charge in [-0.2, -0.15) is 0 Å². The zero-order valence-corrected chi connectivity index (χ0v) is 14.6. The van der Waals surface area contributed by atoms with Crippen molar-refractivity contribution in [1.82, 2.24) is 5.32 Å². The van der Waals surface area contributed by atoms with Gasteiger partial charge < -0.3 is 10.1 Å². The van der Waals surface area contributed by atoms with E-state index in [2.05, 4.69) is 39.4 Å². The smallest absolute Gasteiger partial charge is 0.122 e. The quantitative estimate of drug-likeness (QED) is 0.826. The first-order valence-corrected chi connectivity index (χ1v) is 9.02. The molecule has 1 aromatic heterocycles. The van der Waals surface area contributed by atoms with Crippen molar-refractivity contribution >= 4 is 27.3 Å². The summed E-state index contributed by atoms with van der Waals surface area (Å²) in [5.41, 5.74) is 2.77. The van der Waals surface area contributed by atoms with Gasteiger partial charge in [-0.3, -0.25) is 0 Å². The lowest BCUT2D eigenvalue weighted by molar-refractivity contribution is 0.407. The fourth-order valence-corrected chi connectivity index (χ4v) is 4.84. The minimum absolute atomic E-state index is 0.506. The second-order valence-corrected chi connectivity index (χ2v) is 7.91. The highest BCUT2D eigenvalue weighted by atomic mass is 79.9. The van der Waals surface area contributed by atoms with Crippen LogP contribution in [0.15, 0.2) is 34.1 Å². The monoisotopic (exact) mass is 365 g/mol. The van der Waals surface area contributed by atoms with Gasteiger partial charge in [0.1, 0.15) is 5.75 Å². The van der Waals surface area contributed by atoms with Crippen LogP contribution in [0.25, 0.3) is 0 Å². The van der Waals surface area contributed by atoms with Crippen LogP contribution in [0.3, 0.4) is 0 Å². The summed E-state index contributed by atoms with van der Waals surface area (Å²) in [6.45, 7) is 0.984. The molecule has 4 heteroatoms. The van der Waals surface area contributed by atoms with E-state index in [1.54, 1.807) is 12.0 Å². The maximum Gasteiger partial charge on any atom is 0.122 e. The van der Waals surface area contributed by atoms with Crippen LogP contribution in [0.5, 0.6) is 5.75 Å².